The molecule has 150 valence electrons. The van der Waals surface area contributed by atoms with Crippen LogP contribution in [0.1, 0.15) is 22.3 Å². The summed E-state index contributed by atoms with van der Waals surface area (Å²) in [6.07, 6.45) is 0. The highest BCUT2D eigenvalue weighted by Crippen LogP contribution is 2.63. The first kappa shape index (κ1) is 18.1. The molecule has 0 bridgehead atoms. The van der Waals surface area contributed by atoms with Gasteiger partial charge in [-0.3, -0.25) is 0 Å². The number of fused-ring (bicyclic) bond motifs is 10. The normalized spacial score (nSPS) is 17.0. The molecule has 0 nitrogen and oxygen atoms in total. The van der Waals surface area contributed by atoms with Crippen molar-refractivity contribution in [1.29, 1.82) is 0 Å². The molecule has 1 spiro atoms. The minimum absolute atomic E-state index is 0.301. The first-order valence-electron chi connectivity index (χ1n) is 11.0. The Hall–Kier alpha value is -3.55. The summed E-state index contributed by atoms with van der Waals surface area (Å²) in [6, 6.07) is 42.2. The SMILES string of the molecule is Sc1ccc2c(c1)-c1ccccc1C21c2ccccc2-c2ccc(-c3ccccc3)cc21. The lowest BCUT2D eigenvalue weighted by Gasteiger charge is -2.30. The van der Waals surface area contributed by atoms with E-state index in [1.165, 1.54) is 55.6 Å². The zero-order valence-corrected chi connectivity index (χ0v) is 18.3. The molecule has 1 atom stereocenters. The van der Waals surface area contributed by atoms with Gasteiger partial charge in [-0.1, -0.05) is 97.1 Å². The average Bonchev–Trinajstić information content (AvgIpc) is 3.31. The van der Waals surface area contributed by atoms with Crippen LogP contribution in [0.2, 0.25) is 0 Å². The van der Waals surface area contributed by atoms with E-state index in [0.29, 0.717) is 0 Å². The number of hydrogen-bond donors (Lipinski definition) is 1. The quantitative estimate of drug-likeness (QED) is 0.254. The van der Waals surface area contributed by atoms with Gasteiger partial charge < -0.3 is 0 Å². The lowest BCUT2D eigenvalue weighted by Crippen LogP contribution is -2.25. The predicted molar refractivity (Wildman–Crippen MR) is 135 cm³/mol. The van der Waals surface area contributed by atoms with E-state index in [4.69, 9.17) is 0 Å². The van der Waals surface area contributed by atoms with Crippen molar-refractivity contribution < 1.29 is 0 Å². The maximum absolute atomic E-state index is 4.68. The van der Waals surface area contributed by atoms with Crippen molar-refractivity contribution >= 4 is 12.6 Å². The summed E-state index contributed by atoms with van der Waals surface area (Å²) in [7, 11) is 0. The van der Waals surface area contributed by atoms with Crippen molar-refractivity contribution in [2.24, 2.45) is 0 Å². The third kappa shape index (κ3) is 2.19. The molecule has 0 N–H and O–H groups in total. The van der Waals surface area contributed by atoms with Crippen molar-refractivity contribution in [2.45, 2.75) is 10.3 Å². The van der Waals surface area contributed by atoms with Gasteiger partial charge in [0.05, 0.1) is 5.41 Å². The van der Waals surface area contributed by atoms with Gasteiger partial charge in [-0.2, -0.15) is 0 Å². The van der Waals surface area contributed by atoms with E-state index in [9.17, 15) is 0 Å². The van der Waals surface area contributed by atoms with Crippen molar-refractivity contribution in [3.63, 3.8) is 0 Å². The minimum Gasteiger partial charge on any atom is -0.143 e. The Morgan fingerprint density at radius 3 is 1.75 bits per heavy atom. The molecule has 32 heavy (non-hydrogen) atoms. The lowest BCUT2D eigenvalue weighted by molar-refractivity contribution is 0.793. The number of rotatable bonds is 1. The Morgan fingerprint density at radius 1 is 0.406 bits per heavy atom. The Morgan fingerprint density at radius 2 is 1.00 bits per heavy atom. The van der Waals surface area contributed by atoms with Crippen LogP contribution < -0.4 is 0 Å². The molecule has 1 heteroatoms. The van der Waals surface area contributed by atoms with Gasteiger partial charge in [0.2, 0.25) is 0 Å². The first-order valence-corrected chi connectivity index (χ1v) is 11.5. The summed E-state index contributed by atoms with van der Waals surface area (Å²) in [5.41, 5.74) is 12.9. The van der Waals surface area contributed by atoms with Crippen LogP contribution in [0.4, 0.5) is 0 Å². The Balaban J connectivity index is 1.64. The summed E-state index contributed by atoms with van der Waals surface area (Å²) in [5, 5.41) is 0. The van der Waals surface area contributed by atoms with E-state index >= 15 is 0 Å². The molecule has 2 aliphatic carbocycles. The molecule has 0 aromatic heterocycles. The van der Waals surface area contributed by atoms with Gasteiger partial charge >= 0.3 is 0 Å². The molecule has 5 aromatic carbocycles. The molecular formula is C31H20S. The van der Waals surface area contributed by atoms with Crippen LogP contribution >= 0.6 is 12.6 Å². The van der Waals surface area contributed by atoms with Crippen LogP contribution in [-0.4, -0.2) is 0 Å². The first-order chi connectivity index (χ1) is 15.8. The van der Waals surface area contributed by atoms with Gasteiger partial charge in [0, 0.05) is 4.90 Å². The van der Waals surface area contributed by atoms with Gasteiger partial charge in [-0.25, -0.2) is 0 Å². The molecule has 7 rings (SSSR count). The molecule has 0 aliphatic heterocycles. The topological polar surface area (TPSA) is 0 Å². The molecule has 1 unspecified atom stereocenters. The van der Waals surface area contributed by atoms with E-state index < -0.39 is 0 Å². The highest BCUT2D eigenvalue weighted by molar-refractivity contribution is 7.80. The lowest BCUT2D eigenvalue weighted by atomic mass is 9.70. The van der Waals surface area contributed by atoms with E-state index in [1.54, 1.807) is 0 Å². The molecule has 2 aliphatic rings. The second kappa shape index (κ2) is 6.48. The van der Waals surface area contributed by atoms with Crippen molar-refractivity contribution in [3.8, 4) is 33.4 Å². The predicted octanol–water partition coefficient (Wildman–Crippen LogP) is 7.99. The second-order valence-corrected chi connectivity index (χ2v) is 9.21. The number of hydrogen-bond acceptors (Lipinski definition) is 1. The van der Waals surface area contributed by atoms with Crippen LogP contribution in [0, 0.1) is 0 Å². The summed E-state index contributed by atoms with van der Waals surface area (Å²) < 4.78 is 0. The van der Waals surface area contributed by atoms with Crippen LogP contribution in [0.3, 0.4) is 0 Å². The fourth-order valence-electron chi connectivity index (χ4n) is 5.94. The third-order valence-corrected chi connectivity index (χ3v) is 7.46. The van der Waals surface area contributed by atoms with Gasteiger partial charge in [-0.05, 0) is 73.8 Å². The zero-order valence-electron chi connectivity index (χ0n) is 17.4. The molecule has 0 saturated carbocycles. The number of thiol groups is 1. The average molecular weight is 425 g/mol. The van der Waals surface area contributed by atoms with E-state index in [0.717, 1.165) is 4.90 Å². The van der Waals surface area contributed by atoms with Gasteiger partial charge in [-0.15, -0.1) is 12.6 Å². The second-order valence-electron chi connectivity index (χ2n) is 8.70. The summed E-state index contributed by atoms with van der Waals surface area (Å²) >= 11 is 4.68. The molecule has 0 amide bonds. The monoisotopic (exact) mass is 424 g/mol. The van der Waals surface area contributed by atoms with E-state index in [1.807, 2.05) is 0 Å². The Labute approximate surface area is 193 Å². The van der Waals surface area contributed by atoms with Crippen molar-refractivity contribution in [3.05, 3.63) is 138 Å². The maximum atomic E-state index is 4.68. The van der Waals surface area contributed by atoms with E-state index in [-0.39, 0.29) is 5.41 Å². The maximum Gasteiger partial charge on any atom is 0.0725 e. The van der Waals surface area contributed by atoms with Crippen LogP contribution in [0.5, 0.6) is 0 Å². The Bertz CT molecular complexity index is 1530. The summed E-state index contributed by atoms with van der Waals surface area (Å²) in [4.78, 5) is 1.00. The minimum atomic E-state index is -0.301. The molecule has 5 aromatic rings. The molecule has 0 saturated heterocycles. The van der Waals surface area contributed by atoms with Gasteiger partial charge in [0.15, 0.2) is 0 Å². The summed E-state index contributed by atoms with van der Waals surface area (Å²) in [6.45, 7) is 0. The van der Waals surface area contributed by atoms with Crippen LogP contribution in [0.15, 0.2) is 120 Å². The number of benzene rings is 5. The molecule has 0 fully saturated rings. The smallest absolute Gasteiger partial charge is 0.0725 e. The fraction of sp³-hybridized carbons (Fsp3) is 0.0323. The largest absolute Gasteiger partial charge is 0.143 e. The fourth-order valence-corrected chi connectivity index (χ4v) is 6.15. The standard InChI is InChI=1S/C31H20S/c32-22-15-17-29-26(19-22)24-11-5-7-13-28(24)31(29)27-12-6-4-10-23(27)25-16-14-21(18-30(25)31)20-8-2-1-3-9-20/h1-19,32H. The molecule has 0 heterocycles. The van der Waals surface area contributed by atoms with E-state index in [2.05, 4.69) is 128 Å². The zero-order chi connectivity index (χ0) is 21.3. The third-order valence-electron chi connectivity index (χ3n) is 7.18. The van der Waals surface area contributed by atoms with Crippen molar-refractivity contribution in [2.75, 3.05) is 0 Å². The van der Waals surface area contributed by atoms with Crippen LogP contribution in [0.25, 0.3) is 33.4 Å². The summed E-state index contributed by atoms with van der Waals surface area (Å²) in [5.74, 6) is 0. The van der Waals surface area contributed by atoms with Crippen molar-refractivity contribution in [1.82, 2.24) is 0 Å². The molecular weight excluding hydrogens is 404 g/mol. The highest BCUT2D eigenvalue weighted by Gasteiger charge is 2.51. The van der Waals surface area contributed by atoms with Gasteiger partial charge in [0.1, 0.15) is 0 Å². The van der Waals surface area contributed by atoms with Crippen LogP contribution in [-0.2, 0) is 5.41 Å². The highest BCUT2D eigenvalue weighted by atomic mass is 32.1. The van der Waals surface area contributed by atoms with Gasteiger partial charge in [0.25, 0.3) is 0 Å². The Kier molecular flexibility index (Phi) is 3.66. The molecule has 0 radical (unpaired) electrons.